The summed E-state index contributed by atoms with van der Waals surface area (Å²) in [5, 5.41) is 0. The van der Waals surface area contributed by atoms with E-state index in [0.717, 1.165) is 31.1 Å². The number of methoxy groups -OCH3 is 1. The Kier molecular flexibility index (Phi) is 3.96. The molecule has 0 heterocycles. The minimum absolute atomic E-state index is 0.00551. The molecule has 4 saturated carbocycles. The Balaban J connectivity index is 1.81. The number of hydrogen-bond donors (Lipinski definition) is 0. The van der Waals surface area contributed by atoms with Crippen molar-refractivity contribution < 1.29 is 14.3 Å². The molecule has 0 unspecified atom stereocenters. The first-order valence-electron chi connectivity index (χ1n) is 10.8. The van der Waals surface area contributed by atoms with Crippen LogP contribution in [-0.2, 0) is 14.3 Å². The van der Waals surface area contributed by atoms with Gasteiger partial charge in [0.05, 0.1) is 5.60 Å². The molecule has 0 aliphatic heterocycles. The molecule has 0 aromatic heterocycles. The summed E-state index contributed by atoms with van der Waals surface area (Å²) in [5.41, 5.74) is 0.688. The van der Waals surface area contributed by atoms with Crippen LogP contribution in [0.15, 0.2) is 0 Å². The van der Waals surface area contributed by atoms with Gasteiger partial charge in [0.15, 0.2) is 0 Å². The summed E-state index contributed by atoms with van der Waals surface area (Å²) in [6.07, 6.45) is 7.25. The predicted octanol–water partition coefficient (Wildman–Crippen LogP) is 5.22. The van der Waals surface area contributed by atoms with Crippen molar-refractivity contribution in [2.24, 2.45) is 39.9 Å². The van der Waals surface area contributed by atoms with Crippen molar-refractivity contribution in [3.63, 3.8) is 0 Å². The molecular weight excluding hydrogens is 324 g/mol. The van der Waals surface area contributed by atoms with Crippen LogP contribution in [0.4, 0.5) is 0 Å². The maximum Gasteiger partial charge on any atom is 0.302 e. The molecule has 8 atom stereocenters. The lowest BCUT2D eigenvalue weighted by Gasteiger charge is -2.62. The van der Waals surface area contributed by atoms with E-state index in [1.165, 1.54) is 19.3 Å². The van der Waals surface area contributed by atoms with E-state index in [1.54, 1.807) is 6.92 Å². The summed E-state index contributed by atoms with van der Waals surface area (Å²) in [4.78, 5) is 12.0. The van der Waals surface area contributed by atoms with Crippen LogP contribution in [0.3, 0.4) is 0 Å². The lowest BCUT2D eigenvalue weighted by molar-refractivity contribution is -0.211. The first kappa shape index (κ1) is 18.8. The van der Waals surface area contributed by atoms with Crippen molar-refractivity contribution in [3.05, 3.63) is 0 Å². The second-order valence-corrected chi connectivity index (χ2v) is 11.0. The molecule has 4 aliphatic rings. The van der Waals surface area contributed by atoms with Gasteiger partial charge in [0.2, 0.25) is 0 Å². The van der Waals surface area contributed by atoms with Gasteiger partial charge in [-0.3, -0.25) is 4.79 Å². The van der Waals surface area contributed by atoms with E-state index in [-0.39, 0.29) is 28.5 Å². The van der Waals surface area contributed by atoms with Gasteiger partial charge in [0.25, 0.3) is 0 Å². The summed E-state index contributed by atoms with van der Waals surface area (Å²) < 4.78 is 12.2. The van der Waals surface area contributed by atoms with Crippen LogP contribution >= 0.6 is 0 Å². The zero-order valence-electron chi connectivity index (χ0n) is 17.9. The average Bonchev–Trinajstić information content (AvgIpc) is 3.22. The Bertz CT molecular complexity index is 615. The lowest BCUT2D eigenvalue weighted by atomic mass is 9.45. The summed E-state index contributed by atoms with van der Waals surface area (Å²) >= 11 is 0. The molecule has 0 bridgehead atoms. The molecule has 26 heavy (non-hydrogen) atoms. The van der Waals surface area contributed by atoms with Crippen LogP contribution in [-0.4, -0.2) is 24.8 Å². The normalized spacial score (nSPS) is 55.1. The fourth-order valence-corrected chi connectivity index (χ4v) is 8.57. The van der Waals surface area contributed by atoms with Gasteiger partial charge in [-0.1, -0.05) is 27.7 Å². The number of carbonyl (C=O) groups excluding carboxylic acids is 1. The van der Waals surface area contributed by atoms with Gasteiger partial charge in [-0.2, -0.15) is 0 Å². The first-order valence-corrected chi connectivity index (χ1v) is 10.8. The molecule has 0 saturated heterocycles. The van der Waals surface area contributed by atoms with Gasteiger partial charge in [0, 0.05) is 19.4 Å². The molecule has 0 amide bonds. The molecule has 0 N–H and O–H groups in total. The number of fused-ring (bicyclic) bond motifs is 1. The Morgan fingerprint density at radius 2 is 1.73 bits per heavy atom. The smallest absolute Gasteiger partial charge is 0.302 e. The number of rotatable bonds is 3. The van der Waals surface area contributed by atoms with E-state index in [2.05, 4.69) is 34.6 Å². The maximum absolute atomic E-state index is 12.0. The molecular formula is C23H38O3. The molecule has 4 aliphatic carbocycles. The highest BCUT2D eigenvalue weighted by atomic mass is 16.5. The summed E-state index contributed by atoms with van der Waals surface area (Å²) in [6, 6.07) is 0. The third-order valence-electron chi connectivity index (χ3n) is 9.89. The number of ether oxygens (including phenoxy) is 2. The molecule has 3 nitrogen and oxygen atoms in total. The standard InChI is InChI=1S/C23H38O3/c1-14(2)16-8-9-17-20(16,4)13-19(26-15(3)24)21(5)10-11-22(6,25-7)18-12-23(17,18)21/h14,16-19H,8-13H2,1-7H3/t16-,17-,18+,19+,20-,21-,22-,23-/m1/s1. The fraction of sp³-hybridized carbons (Fsp3) is 0.957. The van der Waals surface area contributed by atoms with E-state index in [4.69, 9.17) is 9.47 Å². The van der Waals surface area contributed by atoms with Crippen molar-refractivity contribution in [2.75, 3.05) is 7.11 Å². The molecule has 0 aromatic rings. The topological polar surface area (TPSA) is 35.5 Å². The summed E-state index contributed by atoms with van der Waals surface area (Å²) in [7, 11) is 1.89. The minimum Gasteiger partial charge on any atom is -0.462 e. The Morgan fingerprint density at radius 3 is 2.31 bits per heavy atom. The average molecular weight is 363 g/mol. The monoisotopic (exact) mass is 362 g/mol. The Hall–Kier alpha value is -0.570. The predicted molar refractivity (Wildman–Crippen MR) is 103 cm³/mol. The van der Waals surface area contributed by atoms with E-state index in [0.29, 0.717) is 17.3 Å². The zero-order chi connectivity index (χ0) is 19.1. The highest BCUT2D eigenvalue weighted by molar-refractivity contribution is 5.66. The number of esters is 1. The van der Waals surface area contributed by atoms with Gasteiger partial charge < -0.3 is 9.47 Å². The molecule has 3 heteroatoms. The van der Waals surface area contributed by atoms with Crippen molar-refractivity contribution in [1.82, 2.24) is 0 Å². The Morgan fingerprint density at radius 1 is 1.04 bits per heavy atom. The van der Waals surface area contributed by atoms with Crippen molar-refractivity contribution in [1.29, 1.82) is 0 Å². The third-order valence-corrected chi connectivity index (χ3v) is 9.89. The van der Waals surface area contributed by atoms with E-state index in [9.17, 15) is 4.79 Å². The zero-order valence-corrected chi connectivity index (χ0v) is 17.9. The maximum atomic E-state index is 12.0. The van der Waals surface area contributed by atoms with Crippen LogP contribution < -0.4 is 0 Å². The molecule has 0 aromatic carbocycles. The fourth-order valence-electron chi connectivity index (χ4n) is 8.57. The van der Waals surface area contributed by atoms with Crippen LogP contribution in [0, 0.1) is 39.9 Å². The lowest BCUT2D eigenvalue weighted by Crippen LogP contribution is -2.61. The van der Waals surface area contributed by atoms with Crippen molar-refractivity contribution >= 4 is 5.97 Å². The summed E-state index contributed by atoms with van der Waals surface area (Å²) in [5.74, 6) is 2.69. The van der Waals surface area contributed by atoms with Crippen LogP contribution in [0.2, 0.25) is 0 Å². The van der Waals surface area contributed by atoms with Gasteiger partial charge in [-0.05, 0) is 80.0 Å². The van der Waals surface area contributed by atoms with Crippen LogP contribution in [0.25, 0.3) is 0 Å². The highest BCUT2D eigenvalue weighted by Gasteiger charge is 2.81. The SMILES string of the molecule is CO[C@]1(C)CC[C@]2(C)[C@@H](OC(C)=O)C[C@]3(C)[C@@H](C(C)C)CC[C@H]3[C@@]23C[C@H]31. The quantitative estimate of drug-likeness (QED) is 0.646. The first-order chi connectivity index (χ1) is 12.0. The second-order valence-electron chi connectivity index (χ2n) is 11.0. The molecule has 4 fully saturated rings. The van der Waals surface area contributed by atoms with E-state index in [1.807, 2.05) is 7.11 Å². The van der Waals surface area contributed by atoms with Crippen LogP contribution in [0.5, 0.6) is 0 Å². The molecule has 1 spiro atoms. The highest BCUT2D eigenvalue weighted by Crippen LogP contribution is 2.84. The molecule has 4 rings (SSSR count). The number of hydrogen-bond acceptors (Lipinski definition) is 3. The van der Waals surface area contributed by atoms with Gasteiger partial charge in [0.1, 0.15) is 6.10 Å². The van der Waals surface area contributed by atoms with Crippen LogP contribution in [0.1, 0.15) is 80.1 Å². The number of carbonyl (C=O) groups is 1. The largest absolute Gasteiger partial charge is 0.462 e. The van der Waals surface area contributed by atoms with Gasteiger partial charge in [-0.25, -0.2) is 0 Å². The second kappa shape index (κ2) is 5.49. The third kappa shape index (κ3) is 2.07. The molecule has 148 valence electrons. The van der Waals surface area contributed by atoms with Gasteiger partial charge >= 0.3 is 5.97 Å². The Labute approximate surface area is 159 Å². The van der Waals surface area contributed by atoms with Gasteiger partial charge in [-0.15, -0.1) is 0 Å². The molecule has 0 radical (unpaired) electrons. The minimum atomic E-state index is -0.107. The van der Waals surface area contributed by atoms with Crippen molar-refractivity contribution in [2.45, 2.75) is 91.8 Å². The summed E-state index contributed by atoms with van der Waals surface area (Å²) in [6.45, 7) is 13.6. The van der Waals surface area contributed by atoms with E-state index < -0.39 is 0 Å². The van der Waals surface area contributed by atoms with E-state index >= 15 is 0 Å². The van der Waals surface area contributed by atoms with Crippen molar-refractivity contribution in [3.8, 4) is 0 Å².